The molecule has 3 rings (SSSR count). The zero-order chi connectivity index (χ0) is 14.5. The van der Waals surface area contributed by atoms with Gasteiger partial charge in [0, 0.05) is 18.7 Å². The van der Waals surface area contributed by atoms with Gasteiger partial charge in [-0.25, -0.2) is 0 Å². The largest absolute Gasteiger partial charge is 0.459 e. The Morgan fingerprint density at radius 2 is 2.05 bits per heavy atom. The van der Waals surface area contributed by atoms with Crippen molar-refractivity contribution in [2.75, 3.05) is 32.9 Å². The molecular formula is C17H21NO3. The van der Waals surface area contributed by atoms with Crippen molar-refractivity contribution in [1.29, 1.82) is 0 Å². The van der Waals surface area contributed by atoms with Crippen molar-refractivity contribution in [1.82, 2.24) is 4.90 Å². The summed E-state index contributed by atoms with van der Waals surface area (Å²) in [4.78, 5) is 2.33. The lowest BCUT2D eigenvalue weighted by Gasteiger charge is -2.25. The molecule has 4 nitrogen and oxygen atoms in total. The summed E-state index contributed by atoms with van der Waals surface area (Å²) in [5, 5.41) is 8.69. The number of aliphatic hydroxyl groups excluding tert-OH is 1. The maximum absolute atomic E-state index is 8.69. The van der Waals surface area contributed by atoms with Crippen molar-refractivity contribution in [3.8, 4) is 11.3 Å². The van der Waals surface area contributed by atoms with E-state index in [0.717, 1.165) is 43.1 Å². The quantitative estimate of drug-likeness (QED) is 0.828. The van der Waals surface area contributed by atoms with Gasteiger partial charge in [0.25, 0.3) is 0 Å². The van der Waals surface area contributed by atoms with Crippen LogP contribution in [0.25, 0.3) is 11.3 Å². The molecular weight excluding hydrogens is 266 g/mol. The molecule has 1 aliphatic heterocycles. The number of rotatable bonds is 6. The van der Waals surface area contributed by atoms with Gasteiger partial charge in [0.2, 0.25) is 0 Å². The second-order valence-electron chi connectivity index (χ2n) is 5.29. The van der Waals surface area contributed by atoms with E-state index in [9.17, 15) is 0 Å². The molecule has 0 spiro atoms. The molecule has 0 bridgehead atoms. The lowest BCUT2D eigenvalue weighted by molar-refractivity contribution is 0.0691. The summed E-state index contributed by atoms with van der Waals surface area (Å²) in [5.41, 5.74) is 2.45. The number of aliphatic hydroxyl groups is 1. The number of hydrogen-bond donors (Lipinski definition) is 1. The van der Waals surface area contributed by atoms with Gasteiger partial charge < -0.3 is 14.3 Å². The zero-order valence-corrected chi connectivity index (χ0v) is 12.1. The molecule has 0 amide bonds. The van der Waals surface area contributed by atoms with E-state index in [0.29, 0.717) is 13.2 Å². The molecule has 1 aliphatic rings. The Bertz CT molecular complexity index is 565. The minimum Gasteiger partial charge on any atom is -0.459 e. The molecule has 1 aromatic heterocycles. The van der Waals surface area contributed by atoms with E-state index in [2.05, 4.69) is 23.1 Å². The van der Waals surface area contributed by atoms with Crippen LogP contribution in [-0.4, -0.2) is 42.9 Å². The van der Waals surface area contributed by atoms with Crippen molar-refractivity contribution >= 4 is 0 Å². The monoisotopic (exact) mass is 287 g/mol. The fourth-order valence-corrected chi connectivity index (χ4v) is 2.67. The molecule has 21 heavy (non-hydrogen) atoms. The Kier molecular flexibility index (Phi) is 4.70. The summed E-state index contributed by atoms with van der Waals surface area (Å²) >= 11 is 0. The van der Waals surface area contributed by atoms with Crippen LogP contribution in [0.2, 0.25) is 0 Å². The third kappa shape index (κ3) is 3.53. The molecule has 2 aromatic rings. The van der Waals surface area contributed by atoms with Crippen molar-refractivity contribution < 1.29 is 14.3 Å². The van der Waals surface area contributed by atoms with Crippen molar-refractivity contribution in [2.24, 2.45) is 0 Å². The molecule has 2 heterocycles. The highest BCUT2D eigenvalue weighted by Crippen LogP contribution is 2.29. The first-order valence-corrected chi connectivity index (χ1v) is 7.45. The van der Waals surface area contributed by atoms with Crippen LogP contribution < -0.4 is 0 Å². The fourth-order valence-electron chi connectivity index (χ4n) is 2.67. The Morgan fingerprint density at radius 1 is 1.19 bits per heavy atom. The van der Waals surface area contributed by atoms with E-state index in [1.807, 2.05) is 18.2 Å². The van der Waals surface area contributed by atoms with Gasteiger partial charge in [-0.1, -0.05) is 30.3 Å². The van der Waals surface area contributed by atoms with Crippen molar-refractivity contribution in [3.05, 3.63) is 47.7 Å². The smallest absolute Gasteiger partial charge is 0.134 e. The minimum atomic E-state index is 0.0861. The Morgan fingerprint density at radius 3 is 2.86 bits per heavy atom. The highest BCUT2D eigenvalue weighted by atomic mass is 16.5. The molecule has 1 N–H and O–H groups in total. The van der Waals surface area contributed by atoms with Gasteiger partial charge in [-0.3, -0.25) is 4.90 Å². The van der Waals surface area contributed by atoms with Gasteiger partial charge in [0.15, 0.2) is 0 Å². The summed E-state index contributed by atoms with van der Waals surface area (Å²) < 4.78 is 11.4. The molecule has 0 fully saturated rings. The lowest BCUT2D eigenvalue weighted by Crippen LogP contribution is -2.32. The normalized spacial score (nSPS) is 15.1. The SMILES string of the molecule is OCCOCCN1CCc2cc(-c3ccccc3)oc2C1. The highest BCUT2D eigenvalue weighted by Gasteiger charge is 2.20. The average molecular weight is 287 g/mol. The first kappa shape index (κ1) is 14.3. The summed E-state index contributed by atoms with van der Waals surface area (Å²) in [6.07, 6.45) is 1.02. The Balaban J connectivity index is 1.63. The minimum absolute atomic E-state index is 0.0861. The van der Waals surface area contributed by atoms with Crippen LogP contribution in [0, 0.1) is 0 Å². The molecule has 4 heteroatoms. The van der Waals surface area contributed by atoms with Crippen LogP contribution in [0.5, 0.6) is 0 Å². The van der Waals surface area contributed by atoms with E-state index in [-0.39, 0.29) is 6.61 Å². The van der Waals surface area contributed by atoms with Crippen LogP contribution in [-0.2, 0) is 17.7 Å². The van der Waals surface area contributed by atoms with E-state index >= 15 is 0 Å². The van der Waals surface area contributed by atoms with Gasteiger partial charge in [-0.2, -0.15) is 0 Å². The van der Waals surface area contributed by atoms with Crippen molar-refractivity contribution in [2.45, 2.75) is 13.0 Å². The molecule has 1 aromatic carbocycles. The molecule has 112 valence electrons. The summed E-state index contributed by atoms with van der Waals surface area (Å²) in [7, 11) is 0. The number of ether oxygens (including phenoxy) is 1. The first-order valence-electron chi connectivity index (χ1n) is 7.45. The van der Waals surface area contributed by atoms with E-state index < -0.39 is 0 Å². The standard InChI is InChI=1S/C17H21NO3/c19-9-11-20-10-8-18-7-6-15-12-16(21-17(15)13-18)14-4-2-1-3-5-14/h1-5,12,19H,6-11,13H2. The molecule has 0 saturated carbocycles. The summed E-state index contributed by atoms with van der Waals surface area (Å²) in [6, 6.07) is 12.4. The highest BCUT2D eigenvalue weighted by molar-refractivity contribution is 5.58. The number of benzene rings is 1. The zero-order valence-electron chi connectivity index (χ0n) is 12.1. The number of fused-ring (bicyclic) bond motifs is 1. The van der Waals surface area contributed by atoms with Crippen molar-refractivity contribution in [3.63, 3.8) is 0 Å². The van der Waals surface area contributed by atoms with Gasteiger partial charge in [0.1, 0.15) is 11.5 Å². The first-order chi connectivity index (χ1) is 10.4. The van der Waals surface area contributed by atoms with E-state index in [1.165, 1.54) is 5.56 Å². The molecule has 0 atom stereocenters. The topological polar surface area (TPSA) is 45.8 Å². The molecule has 0 unspecified atom stereocenters. The maximum atomic E-state index is 8.69. The van der Waals surface area contributed by atoms with Crippen LogP contribution >= 0.6 is 0 Å². The number of nitrogens with zero attached hydrogens (tertiary/aromatic N) is 1. The van der Waals surface area contributed by atoms with E-state index in [1.54, 1.807) is 0 Å². The van der Waals surface area contributed by atoms with Gasteiger partial charge in [0.05, 0.1) is 26.4 Å². The van der Waals surface area contributed by atoms with Gasteiger partial charge in [-0.15, -0.1) is 0 Å². The fraction of sp³-hybridized carbons (Fsp3) is 0.412. The maximum Gasteiger partial charge on any atom is 0.134 e. The average Bonchev–Trinajstić information content (AvgIpc) is 2.96. The van der Waals surface area contributed by atoms with Crippen LogP contribution in [0.1, 0.15) is 11.3 Å². The predicted molar refractivity (Wildman–Crippen MR) is 81.0 cm³/mol. The van der Waals surface area contributed by atoms with E-state index in [4.69, 9.17) is 14.3 Å². The second-order valence-corrected chi connectivity index (χ2v) is 5.29. The lowest BCUT2D eigenvalue weighted by atomic mass is 10.1. The summed E-state index contributed by atoms with van der Waals surface area (Å²) in [5.74, 6) is 2.03. The predicted octanol–water partition coefficient (Wildman–Crippen LogP) is 2.31. The number of hydrogen-bond acceptors (Lipinski definition) is 4. The van der Waals surface area contributed by atoms with Crippen LogP contribution in [0.15, 0.2) is 40.8 Å². The molecule has 0 aliphatic carbocycles. The van der Waals surface area contributed by atoms with Crippen LogP contribution in [0.4, 0.5) is 0 Å². The Hall–Kier alpha value is -1.62. The van der Waals surface area contributed by atoms with Gasteiger partial charge >= 0.3 is 0 Å². The third-order valence-corrected chi connectivity index (χ3v) is 3.81. The third-order valence-electron chi connectivity index (χ3n) is 3.81. The Labute approximate surface area is 124 Å². The van der Waals surface area contributed by atoms with Crippen LogP contribution in [0.3, 0.4) is 0 Å². The molecule has 0 saturated heterocycles. The van der Waals surface area contributed by atoms with Gasteiger partial charge in [-0.05, 0) is 18.1 Å². The number of furan rings is 1. The second kappa shape index (κ2) is 6.89. The summed E-state index contributed by atoms with van der Waals surface area (Å²) in [6.45, 7) is 3.90. The molecule has 0 radical (unpaired) electrons.